The number of hydrogen-bond donors (Lipinski definition) is 1. The van der Waals surface area contributed by atoms with E-state index in [9.17, 15) is 4.79 Å². The minimum absolute atomic E-state index is 0.340. The van der Waals surface area contributed by atoms with Crippen molar-refractivity contribution >= 4 is 90.2 Å². The highest BCUT2D eigenvalue weighted by molar-refractivity contribution is 14.1. The molecule has 0 amide bonds. The van der Waals surface area contributed by atoms with Crippen LogP contribution in [-0.2, 0) is 0 Å². The quantitative estimate of drug-likeness (QED) is 0.190. The van der Waals surface area contributed by atoms with E-state index in [1.165, 1.54) is 0 Å². The van der Waals surface area contributed by atoms with Crippen molar-refractivity contribution < 1.29 is 15.3 Å². The van der Waals surface area contributed by atoms with Crippen LogP contribution < -0.4 is 10.5 Å². The molecule has 3 aromatic rings. The number of fused-ring (bicyclic) bond motifs is 1. The van der Waals surface area contributed by atoms with Gasteiger partial charge in [-0.1, -0.05) is 18.2 Å². The molecule has 0 bridgehead atoms. The van der Waals surface area contributed by atoms with Gasteiger partial charge in [0.2, 0.25) is 0 Å². The van der Waals surface area contributed by atoms with Crippen LogP contribution >= 0.6 is 67.8 Å². The highest BCUT2D eigenvalue weighted by Crippen LogP contribution is 2.30. The Hall–Kier alpha value is -0.460. The molecule has 0 fully saturated rings. The molecule has 0 radical (unpaired) electrons. The van der Waals surface area contributed by atoms with E-state index in [2.05, 4.69) is 73.5 Å². The maximum absolute atomic E-state index is 12.6. The van der Waals surface area contributed by atoms with Crippen molar-refractivity contribution in [3.63, 3.8) is 0 Å². The zero-order valence-electron chi connectivity index (χ0n) is 11.8. The zero-order chi connectivity index (χ0) is 16.6. The van der Waals surface area contributed by atoms with Gasteiger partial charge in [-0.15, -0.1) is 0 Å². The second-order valence-electron chi connectivity index (χ2n) is 4.91. The third-order valence-electron chi connectivity index (χ3n) is 3.39. The van der Waals surface area contributed by atoms with E-state index in [-0.39, 0.29) is 5.97 Å². The molecule has 3 rings (SSSR count). The summed E-state index contributed by atoms with van der Waals surface area (Å²) in [5.41, 5.74) is 5.52. The number of ether oxygens (including phenoxy) is 1. The third-order valence-corrected chi connectivity index (χ3v) is 7.06. The molecule has 6 heteroatoms. The molecule has 0 heterocycles. The van der Waals surface area contributed by atoms with E-state index in [4.69, 9.17) is 4.74 Å². The molecular weight excluding hydrogens is 631 g/mol. The number of hydrogen-bond acceptors (Lipinski definition) is 2. The molecule has 3 N–H and O–H groups in total. The fourth-order valence-corrected chi connectivity index (χ4v) is 4.66. The predicted octanol–water partition coefficient (Wildman–Crippen LogP) is 4.75. The van der Waals surface area contributed by atoms with Crippen molar-refractivity contribution in [2.75, 3.05) is 0 Å². The van der Waals surface area contributed by atoms with E-state index in [0.29, 0.717) is 11.3 Å². The molecule has 116 valence electrons. The van der Waals surface area contributed by atoms with Crippen LogP contribution in [0.25, 0.3) is 10.8 Å². The Kier molecular flexibility index (Phi) is 5.43. The van der Waals surface area contributed by atoms with Crippen molar-refractivity contribution in [3.8, 4) is 5.75 Å². The third kappa shape index (κ3) is 3.64. The maximum Gasteiger partial charge on any atom is 0.344 e. The first-order valence-corrected chi connectivity index (χ1v) is 9.91. The average Bonchev–Trinajstić information content (AvgIpc) is 2.53. The molecule has 0 aromatic heterocycles. The molecule has 3 aromatic carbocycles. The lowest BCUT2D eigenvalue weighted by Crippen LogP contribution is -2.40. The summed E-state index contributed by atoms with van der Waals surface area (Å²) >= 11 is 6.62. The summed E-state index contributed by atoms with van der Waals surface area (Å²) in [5.74, 6) is 0.218. The van der Waals surface area contributed by atoms with Gasteiger partial charge in [0.25, 0.3) is 0 Å². The van der Waals surface area contributed by atoms with Crippen molar-refractivity contribution in [1.29, 1.82) is 0 Å². The minimum Gasteiger partial charge on any atom is -0.422 e. The van der Waals surface area contributed by atoms with Crippen LogP contribution in [-0.4, -0.2) is 5.97 Å². The lowest BCUT2D eigenvalue weighted by atomic mass is 10.1. The smallest absolute Gasteiger partial charge is 0.344 e. The summed E-state index contributed by atoms with van der Waals surface area (Å²) < 4.78 is 8.64. The molecule has 0 aliphatic carbocycles. The van der Waals surface area contributed by atoms with Crippen LogP contribution in [0.15, 0.2) is 48.5 Å². The second kappa shape index (κ2) is 7.19. The van der Waals surface area contributed by atoms with Gasteiger partial charge in [0, 0.05) is 27.5 Å². The second-order valence-corrected chi connectivity index (χ2v) is 8.39. The topological polar surface area (TPSA) is 53.9 Å². The SMILES string of the molecule is [NH3+]c1ccc(OC(=O)c2cc(I)cc(I)c2I)c2ccccc12. The summed E-state index contributed by atoms with van der Waals surface area (Å²) in [5, 5.41) is 1.88. The molecule has 23 heavy (non-hydrogen) atoms. The normalized spacial score (nSPS) is 10.8. The molecular formula is C17H11I3NO2+. The van der Waals surface area contributed by atoms with Crippen molar-refractivity contribution in [3.05, 3.63) is 64.8 Å². The Morgan fingerprint density at radius 2 is 1.65 bits per heavy atom. The molecule has 0 unspecified atom stereocenters. The van der Waals surface area contributed by atoms with E-state index < -0.39 is 0 Å². The molecule has 0 aliphatic heterocycles. The Morgan fingerprint density at radius 1 is 0.957 bits per heavy atom. The summed E-state index contributed by atoms with van der Waals surface area (Å²) in [6, 6.07) is 15.4. The molecule has 0 aliphatic rings. The lowest BCUT2D eigenvalue weighted by molar-refractivity contribution is -0.252. The van der Waals surface area contributed by atoms with Crippen LogP contribution in [0.5, 0.6) is 5.75 Å². The molecule has 0 spiro atoms. The number of halogens is 3. The van der Waals surface area contributed by atoms with E-state index in [1.54, 1.807) is 6.07 Å². The summed E-state index contributed by atoms with van der Waals surface area (Å²) in [6.07, 6.45) is 0. The molecule has 3 nitrogen and oxygen atoms in total. The highest BCUT2D eigenvalue weighted by atomic mass is 127. The van der Waals surface area contributed by atoms with E-state index >= 15 is 0 Å². The first-order chi connectivity index (χ1) is 11.0. The van der Waals surface area contributed by atoms with Gasteiger partial charge in [-0.25, -0.2) is 4.79 Å². The van der Waals surface area contributed by atoms with Crippen LogP contribution in [0.4, 0.5) is 5.69 Å². The Labute approximate surface area is 174 Å². The molecule has 0 saturated heterocycles. The standard InChI is InChI=1S/C17H10I3NO2/c18-9-7-12(16(20)13(19)8-9)17(22)23-15-6-5-14(21)10-3-1-2-4-11(10)15/h1-8H,21H2/p+1. The van der Waals surface area contributed by atoms with Gasteiger partial charge < -0.3 is 10.5 Å². The summed E-state index contributed by atoms with van der Waals surface area (Å²) in [7, 11) is 0. The van der Waals surface area contributed by atoms with Gasteiger partial charge in [-0.3, -0.25) is 0 Å². The van der Waals surface area contributed by atoms with Gasteiger partial charge in [0.15, 0.2) is 0 Å². The fourth-order valence-electron chi connectivity index (χ4n) is 2.28. The summed E-state index contributed by atoms with van der Waals surface area (Å²) in [6.45, 7) is 0. The number of carbonyl (C=O) groups excluding carboxylic acids is 1. The monoisotopic (exact) mass is 642 g/mol. The number of benzene rings is 3. The number of rotatable bonds is 2. The fraction of sp³-hybridized carbons (Fsp3) is 0. The van der Waals surface area contributed by atoms with Crippen LogP contribution in [0, 0.1) is 10.7 Å². The summed E-state index contributed by atoms with van der Waals surface area (Å²) in [4.78, 5) is 12.6. The first kappa shape index (κ1) is 17.4. The Bertz CT molecular complexity index is 925. The van der Waals surface area contributed by atoms with Crippen LogP contribution in [0.2, 0.25) is 0 Å². The molecule has 0 saturated carbocycles. The maximum atomic E-state index is 12.6. The highest BCUT2D eigenvalue weighted by Gasteiger charge is 2.17. The van der Waals surface area contributed by atoms with Gasteiger partial charge in [0.05, 0.1) is 5.56 Å². The van der Waals surface area contributed by atoms with Crippen molar-refractivity contribution in [2.45, 2.75) is 0 Å². The van der Waals surface area contributed by atoms with Crippen LogP contribution in [0.3, 0.4) is 0 Å². The average molecular weight is 642 g/mol. The Morgan fingerprint density at radius 3 is 2.39 bits per heavy atom. The van der Waals surface area contributed by atoms with Gasteiger partial charge >= 0.3 is 5.97 Å². The van der Waals surface area contributed by atoms with Gasteiger partial charge in [-0.05, 0) is 92.0 Å². The van der Waals surface area contributed by atoms with E-state index in [0.717, 1.165) is 27.2 Å². The van der Waals surface area contributed by atoms with Crippen molar-refractivity contribution in [1.82, 2.24) is 0 Å². The largest absolute Gasteiger partial charge is 0.422 e. The van der Waals surface area contributed by atoms with Gasteiger partial charge in [0.1, 0.15) is 11.4 Å². The first-order valence-electron chi connectivity index (χ1n) is 6.68. The zero-order valence-corrected chi connectivity index (χ0v) is 18.2. The predicted molar refractivity (Wildman–Crippen MR) is 116 cm³/mol. The van der Waals surface area contributed by atoms with E-state index in [1.807, 2.05) is 42.5 Å². The number of quaternary nitrogens is 1. The lowest BCUT2D eigenvalue weighted by Gasteiger charge is -2.10. The number of carbonyl (C=O) groups is 1. The van der Waals surface area contributed by atoms with Gasteiger partial charge in [-0.2, -0.15) is 0 Å². The Balaban J connectivity index is 2.03. The van der Waals surface area contributed by atoms with Crippen molar-refractivity contribution in [2.24, 2.45) is 0 Å². The van der Waals surface area contributed by atoms with Crippen LogP contribution in [0.1, 0.15) is 10.4 Å². The molecule has 0 atom stereocenters. The minimum atomic E-state index is -0.340. The number of esters is 1.